The molecule has 2 aromatic carbocycles. The summed E-state index contributed by atoms with van der Waals surface area (Å²) in [7, 11) is 0. The summed E-state index contributed by atoms with van der Waals surface area (Å²) in [5, 5.41) is 20.8. The molecule has 2 saturated heterocycles. The Hall–Kier alpha value is -0.565. The molecule has 2 N–H and O–H groups in total. The Kier molecular flexibility index (Phi) is 10.4. The van der Waals surface area contributed by atoms with E-state index >= 15 is 0 Å². The van der Waals surface area contributed by atoms with E-state index in [0.29, 0.717) is 17.5 Å². The van der Waals surface area contributed by atoms with Gasteiger partial charge in [-0.1, -0.05) is 61.3 Å². The summed E-state index contributed by atoms with van der Waals surface area (Å²) in [6.45, 7) is 5.78. The maximum absolute atomic E-state index is 11.7. The fourth-order valence-electron chi connectivity index (χ4n) is 7.35. The molecule has 5 nitrogen and oxygen atoms in total. The van der Waals surface area contributed by atoms with E-state index < -0.39 is 11.6 Å². The zero-order chi connectivity index (χ0) is 26.5. The number of halogens is 2. The Morgan fingerprint density at radius 2 is 1.33 bits per heavy atom. The Labute approximate surface area is 267 Å². The monoisotopic (exact) mass is 581 g/mol. The number of fused-ring (bicyclic) bond motifs is 2. The van der Waals surface area contributed by atoms with Gasteiger partial charge >= 0.3 is 35.5 Å². The second kappa shape index (κ2) is 12.3. The summed E-state index contributed by atoms with van der Waals surface area (Å²) in [5.74, 6) is -0.343. The first-order valence-corrected chi connectivity index (χ1v) is 13.9. The quantitative estimate of drug-likeness (QED) is 0.513. The standard InChI is InChI=1S/C15H17ClO3.C15H19ClO2.B.Na.H/c1-14-7-6-11(15(14,13(17)18)19-9-14)8-10-2-4-12(16)5-3-10;1-14-7-6-12(15(14,9-17)18-10-14)8-11-2-4-13(16)5-3-11;;;/h2-5,11H,6-9H2,1H3,(H,17,18);2-5,12,17H,6-10H2,1H3;;;/q;;;+1;-1/t11?,14-,15+;12?,14-,15-;;;/m00.../s1. The minimum atomic E-state index is -0.980. The zero-order valence-corrected chi connectivity index (χ0v) is 26.6. The van der Waals surface area contributed by atoms with Gasteiger partial charge in [-0.3, -0.25) is 0 Å². The smallest absolute Gasteiger partial charge is 1.00 e. The van der Waals surface area contributed by atoms with E-state index in [1.165, 1.54) is 5.56 Å². The predicted molar refractivity (Wildman–Crippen MR) is 151 cm³/mol. The molecular formula is C30H37BCl2NaO5. The van der Waals surface area contributed by atoms with E-state index in [2.05, 4.69) is 19.1 Å². The summed E-state index contributed by atoms with van der Waals surface area (Å²) in [6, 6.07) is 15.6. The van der Waals surface area contributed by atoms with Crippen molar-refractivity contribution in [3.8, 4) is 0 Å². The van der Waals surface area contributed by atoms with Crippen molar-refractivity contribution in [1.29, 1.82) is 0 Å². The largest absolute Gasteiger partial charge is 1.00 e. The molecule has 2 saturated carbocycles. The molecule has 6 rings (SSSR count). The second-order valence-corrected chi connectivity index (χ2v) is 12.8. The first kappa shape index (κ1) is 32.9. The number of carboxylic acids is 1. The third-order valence-electron chi connectivity index (χ3n) is 9.85. The van der Waals surface area contributed by atoms with Gasteiger partial charge in [-0.25, -0.2) is 4.79 Å². The van der Waals surface area contributed by atoms with E-state index in [4.69, 9.17) is 32.7 Å². The molecule has 4 fully saturated rings. The van der Waals surface area contributed by atoms with Crippen LogP contribution >= 0.6 is 23.2 Å². The van der Waals surface area contributed by atoms with Crippen molar-refractivity contribution in [2.45, 2.75) is 63.6 Å². The number of carbonyl (C=O) groups is 1. The van der Waals surface area contributed by atoms with E-state index in [-0.39, 0.29) is 68.4 Å². The molecular weight excluding hydrogens is 545 g/mol. The Morgan fingerprint density at radius 1 is 0.872 bits per heavy atom. The Morgan fingerprint density at radius 3 is 1.74 bits per heavy atom. The SMILES string of the molecule is C[C@@]12CCC(Cc3ccc(Cl)cc3)[C@]1(C(=O)O)OC2.C[C@@]12CCC(Cc3ccc(Cl)cc3)[C@]1(CO)OC2.[B].[H-].[Na+]. The first-order valence-electron chi connectivity index (χ1n) is 13.2. The molecule has 2 aromatic rings. The van der Waals surface area contributed by atoms with Crippen LogP contribution in [-0.2, 0) is 27.1 Å². The van der Waals surface area contributed by atoms with Crippen molar-refractivity contribution in [2.75, 3.05) is 19.8 Å². The predicted octanol–water partition coefficient (Wildman–Crippen LogP) is 2.95. The summed E-state index contributed by atoms with van der Waals surface area (Å²) < 4.78 is 11.4. The maximum Gasteiger partial charge on any atom is 1.00 e. The van der Waals surface area contributed by atoms with Crippen molar-refractivity contribution in [1.82, 2.24) is 0 Å². The molecule has 0 spiro atoms. The minimum Gasteiger partial charge on any atom is -1.00 e. The van der Waals surface area contributed by atoms with E-state index in [9.17, 15) is 15.0 Å². The van der Waals surface area contributed by atoms with Crippen LogP contribution in [0.2, 0.25) is 10.0 Å². The van der Waals surface area contributed by atoms with E-state index in [1.807, 2.05) is 43.3 Å². The van der Waals surface area contributed by atoms with Crippen molar-refractivity contribution in [2.24, 2.45) is 22.7 Å². The molecule has 2 heterocycles. The van der Waals surface area contributed by atoms with Gasteiger partial charge in [0.15, 0.2) is 5.60 Å². The van der Waals surface area contributed by atoms with Crippen LogP contribution in [0.4, 0.5) is 0 Å². The van der Waals surface area contributed by atoms with Crippen LogP contribution in [0.25, 0.3) is 0 Å². The topological polar surface area (TPSA) is 76.0 Å². The fraction of sp³-hybridized carbons (Fsp3) is 0.567. The van der Waals surface area contributed by atoms with Gasteiger partial charge in [-0.15, -0.1) is 0 Å². The number of carboxylic acid groups (broad SMARTS) is 1. The van der Waals surface area contributed by atoms with Crippen molar-refractivity contribution in [3.63, 3.8) is 0 Å². The minimum absolute atomic E-state index is 0. The van der Waals surface area contributed by atoms with E-state index in [1.54, 1.807) is 0 Å². The molecule has 205 valence electrons. The van der Waals surface area contributed by atoms with Gasteiger partial charge in [-0.2, -0.15) is 0 Å². The average Bonchev–Trinajstić information content (AvgIpc) is 3.17. The molecule has 0 aromatic heterocycles. The van der Waals surface area contributed by atoms with Gasteiger partial charge in [0, 0.05) is 35.2 Å². The van der Waals surface area contributed by atoms with Crippen molar-refractivity contribution in [3.05, 3.63) is 69.7 Å². The number of ether oxygens (including phenoxy) is 2. The number of benzene rings is 2. The van der Waals surface area contributed by atoms with Crippen LogP contribution in [0.15, 0.2) is 48.5 Å². The first-order chi connectivity index (χ1) is 17.6. The van der Waals surface area contributed by atoms with Crippen LogP contribution in [0.1, 0.15) is 52.1 Å². The number of aliphatic hydroxyl groups excluding tert-OH is 1. The number of rotatable bonds is 6. The van der Waals surface area contributed by atoms with Crippen LogP contribution in [0.3, 0.4) is 0 Å². The third kappa shape index (κ3) is 5.50. The van der Waals surface area contributed by atoms with E-state index in [0.717, 1.165) is 55.7 Å². The third-order valence-corrected chi connectivity index (χ3v) is 10.4. The average molecular weight is 582 g/mol. The van der Waals surface area contributed by atoms with Crippen molar-refractivity contribution >= 4 is 37.6 Å². The number of hydrogen-bond acceptors (Lipinski definition) is 4. The molecule has 4 aliphatic rings. The van der Waals surface area contributed by atoms with Gasteiger partial charge in [0.2, 0.25) is 0 Å². The van der Waals surface area contributed by atoms with Gasteiger partial charge in [0.1, 0.15) is 5.60 Å². The molecule has 0 bridgehead atoms. The van der Waals surface area contributed by atoms with Crippen LogP contribution in [0, 0.1) is 22.7 Å². The van der Waals surface area contributed by atoms with Crippen LogP contribution in [0.5, 0.6) is 0 Å². The summed E-state index contributed by atoms with van der Waals surface area (Å²) in [5.41, 5.74) is 1.10. The zero-order valence-electron chi connectivity index (χ0n) is 24.1. The van der Waals surface area contributed by atoms with Crippen LogP contribution < -0.4 is 29.6 Å². The molecule has 0 amide bonds. The molecule has 2 aliphatic heterocycles. The molecule has 2 unspecified atom stereocenters. The maximum atomic E-state index is 11.7. The molecule has 3 radical (unpaired) electrons. The molecule has 6 atom stereocenters. The number of aliphatic carboxylic acids is 1. The Balaban J connectivity index is 0.000000261. The molecule has 2 aliphatic carbocycles. The normalized spacial score (nSPS) is 35.5. The van der Waals surface area contributed by atoms with Gasteiger partial charge in [0.05, 0.1) is 19.8 Å². The molecule has 9 heteroatoms. The Bertz CT molecular complexity index is 1150. The summed E-state index contributed by atoms with van der Waals surface area (Å²) in [6.07, 6.45) is 5.83. The van der Waals surface area contributed by atoms with Gasteiger partial charge < -0.3 is 21.1 Å². The summed E-state index contributed by atoms with van der Waals surface area (Å²) in [4.78, 5) is 11.7. The summed E-state index contributed by atoms with van der Waals surface area (Å²) >= 11 is 11.8. The molecule has 39 heavy (non-hydrogen) atoms. The second-order valence-electron chi connectivity index (χ2n) is 11.9. The number of aliphatic hydroxyl groups is 1. The van der Waals surface area contributed by atoms with Crippen LogP contribution in [-0.4, -0.2) is 55.6 Å². The number of hydrogen-bond donors (Lipinski definition) is 2. The van der Waals surface area contributed by atoms with Gasteiger partial charge in [0.25, 0.3) is 0 Å². The van der Waals surface area contributed by atoms with Gasteiger partial charge in [-0.05, 0) is 79.8 Å². The van der Waals surface area contributed by atoms with Crippen molar-refractivity contribution < 1.29 is 55.5 Å². The fourth-order valence-corrected chi connectivity index (χ4v) is 7.60.